The number of nitrogens with zero attached hydrogens (tertiary/aromatic N) is 3. The molecule has 0 aliphatic carbocycles. The number of hydrogen-bond acceptors (Lipinski definition) is 6. The number of aromatic nitrogens is 3. The Balaban J connectivity index is 2.11. The highest BCUT2D eigenvalue weighted by atomic mass is 32.2. The van der Waals surface area contributed by atoms with E-state index in [0.717, 1.165) is 19.9 Å². The lowest BCUT2D eigenvalue weighted by molar-refractivity contribution is 0.971. The third-order valence-electron chi connectivity index (χ3n) is 1.72. The van der Waals surface area contributed by atoms with Gasteiger partial charge in [0.2, 0.25) is 0 Å². The Hall–Kier alpha value is -0.980. The Bertz CT molecular complexity index is 438. The summed E-state index contributed by atoms with van der Waals surface area (Å²) < 4.78 is 0.940. The maximum Gasteiger partial charge on any atom is 0.179 e. The summed E-state index contributed by atoms with van der Waals surface area (Å²) in [4.78, 5) is 5.27. The van der Waals surface area contributed by atoms with Crippen LogP contribution in [0.4, 0.5) is 0 Å². The van der Waals surface area contributed by atoms with Gasteiger partial charge in [-0.3, -0.25) is 4.98 Å². The second-order valence-electron chi connectivity index (χ2n) is 2.88. The van der Waals surface area contributed by atoms with Crippen molar-refractivity contribution in [2.45, 2.75) is 22.7 Å². The van der Waals surface area contributed by atoms with Crippen LogP contribution in [0.2, 0.25) is 0 Å². The fourth-order valence-corrected chi connectivity index (χ4v) is 2.77. The van der Waals surface area contributed by atoms with Gasteiger partial charge in [-0.15, -0.1) is 10.2 Å². The van der Waals surface area contributed by atoms with E-state index >= 15 is 0 Å². The molecular weight excluding hydrogens is 228 g/mol. The van der Waals surface area contributed by atoms with E-state index in [1.165, 1.54) is 0 Å². The summed E-state index contributed by atoms with van der Waals surface area (Å²) in [6.45, 7) is 2.42. The zero-order valence-electron chi connectivity index (χ0n) is 8.17. The molecule has 2 aromatic rings. The molecule has 0 fully saturated rings. The maximum atomic E-state index is 5.47. The van der Waals surface area contributed by atoms with E-state index in [1.54, 1.807) is 23.1 Å². The van der Waals surface area contributed by atoms with Crippen LogP contribution < -0.4 is 5.73 Å². The summed E-state index contributed by atoms with van der Waals surface area (Å²) >= 11 is 3.15. The second-order valence-corrected chi connectivity index (χ2v) is 5.38. The zero-order valence-corrected chi connectivity index (χ0v) is 9.81. The van der Waals surface area contributed by atoms with Gasteiger partial charge in [-0.05, 0) is 19.1 Å². The van der Waals surface area contributed by atoms with Crippen molar-refractivity contribution in [3.05, 3.63) is 29.0 Å². The molecule has 2 N–H and O–H groups in total. The van der Waals surface area contributed by atoms with Gasteiger partial charge in [0.1, 0.15) is 5.01 Å². The third kappa shape index (κ3) is 2.74. The van der Waals surface area contributed by atoms with Crippen LogP contribution in [0, 0.1) is 6.92 Å². The van der Waals surface area contributed by atoms with Crippen molar-refractivity contribution in [3.63, 3.8) is 0 Å². The Morgan fingerprint density at radius 3 is 2.80 bits per heavy atom. The van der Waals surface area contributed by atoms with Crippen LogP contribution >= 0.6 is 23.1 Å². The molecule has 15 heavy (non-hydrogen) atoms. The first-order valence-electron chi connectivity index (χ1n) is 4.41. The van der Waals surface area contributed by atoms with Crippen LogP contribution in [0.3, 0.4) is 0 Å². The summed E-state index contributed by atoms with van der Waals surface area (Å²) in [5, 5.41) is 8.96. The first kappa shape index (κ1) is 10.5. The zero-order chi connectivity index (χ0) is 10.7. The third-order valence-corrected chi connectivity index (χ3v) is 3.59. The minimum absolute atomic E-state index is 0.475. The van der Waals surface area contributed by atoms with Gasteiger partial charge in [-0.1, -0.05) is 23.1 Å². The predicted octanol–water partition coefficient (Wildman–Crippen LogP) is 1.85. The fraction of sp³-hybridized carbons (Fsp3) is 0.222. The molecule has 0 unspecified atom stereocenters. The van der Waals surface area contributed by atoms with E-state index in [9.17, 15) is 0 Å². The molecule has 0 radical (unpaired) electrons. The average Bonchev–Trinajstić information content (AvgIpc) is 2.65. The van der Waals surface area contributed by atoms with Crippen molar-refractivity contribution >= 4 is 23.1 Å². The molecule has 0 amide bonds. The van der Waals surface area contributed by atoms with Crippen LogP contribution in [0.25, 0.3) is 0 Å². The molecule has 0 aromatic carbocycles. The SMILES string of the molecule is Cc1nnc(Sc2ccc(CN)nc2)s1. The molecule has 0 spiro atoms. The lowest BCUT2D eigenvalue weighted by Crippen LogP contribution is -1.98. The minimum Gasteiger partial charge on any atom is -0.325 e. The summed E-state index contributed by atoms with van der Waals surface area (Å²) in [6, 6.07) is 3.92. The van der Waals surface area contributed by atoms with E-state index in [2.05, 4.69) is 15.2 Å². The highest BCUT2D eigenvalue weighted by Crippen LogP contribution is 2.29. The van der Waals surface area contributed by atoms with Crippen molar-refractivity contribution in [3.8, 4) is 0 Å². The number of hydrogen-bond donors (Lipinski definition) is 1. The average molecular weight is 238 g/mol. The standard InChI is InChI=1S/C9H10N4S2/c1-6-12-13-9(14-6)15-8-3-2-7(4-10)11-5-8/h2-3,5H,4,10H2,1H3. The highest BCUT2D eigenvalue weighted by Gasteiger charge is 2.03. The van der Waals surface area contributed by atoms with Gasteiger partial charge < -0.3 is 5.73 Å². The molecule has 2 aromatic heterocycles. The Labute approximate surface area is 95.9 Å². The van der Waals surface area contributed by atoms with Gasteiger partial charge in [-0.2, -0.15) is 0 Å². The molecule has 0 saturated carbocycles. The van der Waals surface area contributed by atoms with Crippen molar-refractivity contribution in [2.24, 2.45) is 5.73 Å². The Kier molecular flexibility index (Phi) is 3.30. The maximum absolute atomic E-state index is 5.47. The molecule has 6 heteroatoms. The quantitative estimate of drug-likeness (QED) is 0.884. The molecule has 4 nitrogen and oxygen atoms in total. The van der Waals surface area contributed by atoms with Gasteiger partial charge in [0.25, 0.3) is 0 Å². The van der Waals surface area contributed by atoms with Crippen molar-refractivity contribution in [1.29, 1.82) is 0 Å². The minimum atomic E-state index is 0.475. The van der Waals surface area contributed by atoms with E-state index in [1.807, 2.05) is 25.3 Å². The summed E-state index contributed by atoms with van der Waals surface area (Å²) in [7, 11) is 0. The van der Waals surface area contributed by atoms with Crippen LogP contribution in [-0.2, 0) is 6.54 Å². The summed E-state index contributed by atoms with van der Waals surface area (Å²) in [5.74, 6) is 0. The Morgan fingerprint density at radius 2 is 2.27 bits per heavy atom. The van der Waals surface area contributed by atoms with E-state index in [4.69, 9.17) is 5.73 Å². The van der Waals surface area contributed by atoms with E-state index in [0.29, 0.717) is 6.54 Å². The number of rotatable bonds is 3. The summed E-state index contributed by atoms with van der Waals surface area (Å²) in [6.07, 6.45) is 1.81. The Morgan fingerprint density at radius 1 is 1.40 bits per heavy atom. The van der Waals surface area contributed by atoms with Crippen molar-refractivity contribution < 1.29 is 0 Å². The first-order valence-corrected chi connectivity index (χ1v) is 6.04. The van der Waals surface area contributed by atoms with Gasteiger partial charge >= 0.3 is 0 Å². The first-order chi connectivity index (χ1) is 7.28. The van der Waals surface area contributed by atoms with Crippen molar-refractivity contribution in [1.82, 2.24) is 15.2 Å². The molecule has 0 bridgehead atoms. The largest absolute Gasteiger partial charge is 0.325 e. The number of nitrogens with two attached hydrogens (primary N) is 1. The topological polar surface area (TPSA) is 64.7 Å². The molecule has 0 saturated heterocycles. The molecule has 0 aliphatic heterocycles. The lowest BCUT2D eigenvalue weighted by Gasteiger charge is -1.98. The van der Waals surface area contributed by atoms with E-state index < -0.39 is 0 Å². The van der Waals surface area contributed by atoms with Crippen LogP contribution in [0.1, 0.15) is 10.7 Å². The van der Waals surface area contributed by atoms with E-state index in [-0.39, 0.29) is 0 Å². The molecule has 0 aliphatic rings. The highest BCUT2D eigenvalue weighted by molar-refractivity contribution is 8.01. The normalized spacial score (nSPS) is 10.5. The molecular formula is C9H10N4S2. The van der Waals surface area contributed by atoms with Crippen LogP contribution in [0.5, 0.6) is 0 Å². The van der Waals surface area contributed by atoms with Gasteiger partial charge in [0, 0.05) is 17.6 Å². The smallest absolute Gasteiger partial charge is 0.179 e. The second kappa shape index (κ2) is 4.69. The van der Waals surface area contributed by atoms with Crippen molar-refractivity contribution in [2.75, 3.05) is 0 Å². The lowest BCUT2D eigenvalue weighted by atomic mass is 10.4. The number of aryl methyl sites for hydroxylation is 1. The van der Waals surface area contributed by atoms with Gasteiger partial charge in [-0.25, -0.2) is 0 Å². The molecule has 78 valence electrons. The van der Waals surface area contributed by atoms with Gasteiger partial charge in [0.05, 0.1) is 5.69 Å². The summed E-state index contributed by atoms with van der Waals surface area (Å²) in [5.41, 5.74) is 6.36. The van der Waals surface area contributed by atoms with Gasteiger partial charge in [0.15, 0.2) is 4.34 Å². The van der Waals surface area contributed by atoms with Crippen LogP contribution in [0.15, 0.2) is 27.6 Å². The predicted molar refractivity (Wildman–Crippen MR) is 60.9 cm³/mol. The molecule has 0 atom stereocenters. The number of pyridine rings is 1. The monoisotopic (exact) mass is 238 g/mol. The van der Waals surface area contributed by atoms with Crippen LogP contribution in [-0.4, -0.2) is 15.2 Å². The fourth-order valence-electron chi connectivity index (χ4n) is 1.01. The molecule has 2 rings (SSSR count). The molecule has 2 heterocycles.